The van der Waals surface area contributed by atoms with Gasteiger partial charge < -0.3 is 19.5 Å². The minimum Gasteiger partial charge on any atom is -0.493 e. The van der Waals surface area contributed by atoms with E-state index in [1.807, 2.05) is 30.3 Å². The molecule has 0 saturated heterocycles. The fourth-order valence-corrected chi connectivity index (χ4v) is 4.04. The van der Waals surface area contributed by atoms with Crippen LogP contribution < -0.4 is 24.8 Å². The number of rotatable bonds is 8. The van der Waals surface area contributed by atoms with Crippen molar-refractivity contribution in [2.75, 3.05) is 32.0 Å². The standard InChI is InChI=1S/C25H22N4O5S/c1-32-19-13-17(14-20(33-2)21(19)34-3)23(31)26-18-11-7-10-16(12-18)22(30)27-25-29-28-24(35-25)15-8-5-4-6-9-15/h4-14H,1-3H3,(H,26,31)(H,27,29,30). The second kappa shape index (κ2) is 10.7. The molecule has 1 aromatic heterocycles. The smallest absolute Gasteiger partial charge is 0.257 e. The quantitative estimate of drug-likeness (QED) is 0.367. The number of carbonyl (C=O) groups is 2. The first-order valence-corrected chi connectivity index (χ1v) is 11.3. The van der Waals surface area contributed by atoms with Gasteiger partial charge in [-0.2, -0.15) is 0 Å². The van der Waals surface area contributed by atoms with Gasteiger partial charge in [0, 0.05) is 22.4 Å². The van der Waals surface area contributed by atoms with Gasteiger partial charge in [0.25, 0.3) is 11.8 Å². The van der Waals surface area contributed by atoms with Crippen molar-refractivity contribution in [3.05, 3.63) is 77.9 Å². The van der Waals surface area contributed by atoms with Crippen LogP contribution in [0, 0.1) is 0 Å². The molecule has 35 heavy (non-hydrogen) atoms. The van der Waals surface area contributed by atoms with E-state index in [0.717, 1.165) is 5.56 Å². The molecule has 0 aliphatic carbocycles. The molecule has 0 unspecified atom stereocenters. The Morgan fingerprint density at radius 2 is 1.43 bits per heavy atom. The summed E-state index contributed by atoms with van der Waals surface area (Å²) in [5.41, 5.74) is 2.02. The number of nitrogens with zero attached hydrogens (tertiary/aromatic N) is 2. The maximum Gasteiger partial charge on any atom is 0.257 e. The van der Waals surface area contributed by atoms with Crippen LogP contribution >= 0.6 is 11.3 Å². The maximum atomic E-state index is 12.9. The van der Waals surface area contributed by atoms with Crippen LogP contribution in [-0.2, 0) is 0 Å². The van der Waals surface area contributed by atoms with Gasteiger partial charge in [0.05, 0.1) is 21.3 Å². The molecule has 0 saturated carbocycles. The summed E-state index contributed by atoms with van der Waals surface area (Å²) in [4.78, 5) is 25.7. The number of benzene rings is 3. The van der Waals surface area contributed by atoms with E-state index in [2.05, 4.69) is 20.8 Å². The van der Waals surface area contributed by atoms with Crippen molar-refractivity contribution in [1.82, 2.24) is 10.2 Å². The van der Waals surface area contributed by atoms with Gasteiger partial charge in [-0.05, 0) is 30.3 Å². The van der Waals surface area contributed by atoms with E-state index in [4.69, 9.17) is 14.2 Å². The lowest BCUT2D eigenvalue weighted by molar-refractivity contribution is 0.101. The summed E-state index contributed by atoms with van der Waals surface area (Å²) in [5.74, 6) is 0.328. The van der Waals surface area contributed by atoms with Crippen molar-refractivity contribution in [3.63, 3.8) is 0 Å². The molecule has 0 aliphatic heterocycles. The van der Waals surface area contributed by atoms with E-state index < -0.39 is 5.91 Å². The van der Waals surface area contributed by atoms with Crippen molar-refractivity contribution in [3.8, 4) is 27.8 Å². The monoisotopic (exact) mass is 490 g/mol. The van der Waals surface area contributed by atoms with E-state index in [0.29, 0.717) is 44.2 Å². The molecular formula is C25H22N4O5S. The fraction of sp³-hybridized carbons (Fsp3) is 0.120. The van der Waals surface area contributed by atoms with Crippen molar-refractivity contribution < 1.29 is 23.8 Å². The summed E-state index contributed by atoms with van der Waals surface area (Å²) in [6, 6.07) is 19.3. The van der Waals surface area contributed by atoms with Crippen molar-refractivity contribution in [1.29, 1.82) is 0 Å². The molecule has 1 heterocycles. The molecular weight excluding hydrogens is 468 g/mol. The van der Waals surface area contributed by atoms with Gasteiger partial charge in [-0.1, -0.05) is 47.7 Å². The molecule has 178 valence electrons. The SMILES string of the molecule is COc1cc(C(=O)Nc2cccc(C(=O)Nc3nnc(-c4ccccc4)s3)c2)cc(OC)c1OC. The summed E-state index contributed by atoms with van der Waals surface area (Å²) in [5, 5.41) is 14.8. The van der Waals surface area contributed by atoms with Crippen LogP contribution in [0.5, 0.6) is 17.2 Å². The number of ether oxygens (including phenoxy) is 3. The van der Waals surface area contributed by atoms with E-state index in [-0.39, 0.29) is 5.91 Å². The molecule has 4 rings (SSSR count). The highest BCUT2D eigenvalue weighted by Gasteiger charge is 2.18. The lowest BCUT2D eigenvalue weighted by atomic mass is 10.1. The number of hydrogen-bond donors (Lipinski definition) is 2. The largest absolute Gasteiger partial charge is 0.493 e. The average molecular weight is 491 g/mol. The Balaban J connectivity index is 1.48. The van der Waals surface area contributed by atoms with Gasteiger partial charge in [0.1, 0.15) is 5.01 Å². The molecule has 0 radical (unpaired) electrons. The lowest BCUT2D eigenvalue weighted by Gasteiger charge is -2.14. The van der Waals surface area contributed by atoms with Crippen LogP contribution in [0.25, 0.3) is 10.6 Å². The maximum absolute atomic E-state index is 12.9. The van der Waals surface area contributed by atoms with Crippen LogP contribution in [0.4, 0.5) is 10.8 Å². The molecule has 0 aliphatic rings. The van der Waals surface area contributed by atoms with E-state index in [9.17, 15) is 9.59 Å². The van der Waals surface area contributed by atoms with Gasteiger partial charge in [0.2, 0.25) is 10.9 Å². The Labute approximate surface area is 205 Å². The van der Waals surface area contributed by atoms with Crippen molar-refractivity contribution >= 4 is 34.0 Å². The van der Waals surface area contributed by atoms with Crippen LogP contribution in [0.1, 0.15) is 20.7 Å². The zero-order chi connectivity index (χ0) is 24.8. The van der Waals surface area contributed by atoms with Gasteiger partial charge >= 0.3 is 0 Å². The lowest BCUT2D eigenvalue weighted by Crippen LogP contribution is -2.15. The van der Waals surface area contributed by atoms with Crippen molar-refractivity contribution in [2.45, 2.75) is 0 Å². The molecule has 10 heteroatoms. The van der Waals surface area contributed by atoms with E-state index in [1.54, 1.807) is 36.4 Å². The first kappa shape index (κ1) is 23.7. The second-order valence-electron chi connectivity index (χ2n) is 7.18. The first-order valence-electron chi connectivity index (χ1n) is 10.4. The summed E-state index contributed by atoms with van der Waals surface area (Å²) >= 11 is 1.27. The van der Waals surface area contributed by atoms with Gasteiger partial charge in [-0.3, -0.25) is 14.9 Å². The van der Waals surface area contributed by atoms with Gasteiger partial charge in [-0.25, -0.2) is 0 Å². The topological polar surface area (TPSA) is 112 Å². The normalized spacial score (nSPS) is 10.4. The number of nitrogens with one attached hydrogen (secondary N) is 2. The Kier molecular flexibility index (Phi) is 7.22. The number of amides is 2. The number of methoxy groups -OCH3 is 3. The molecule has 0 bridgehead atoms. The predicted octanol–water partition coefficient (Wildman–Crippen LogP) is 4.74. The number of hydrogen-bond acceptors (Lipinski definition) is 8. The van der Waals surface area contributed by atoms with Crippen LogP contribution in [0.3, 0.4) is 0 Å². The second-order valence-corrected chi connectivity index (χ2v) is 8.16. The molecule has 9 nitrogen and oxygen atoms in total. The summed E-state index contributed by atoms with van der Waals surface area (Å²) in [7, 11) is 4.44. The van der Waals surface area contributed by atoms with Crippen LogP contribution in [0.2, 0.25) is 0 Å². The highest BCUT2D eigenvalue weighted by molar-refractivity contribution is 7.18. The molecule has 2 N–H and O–H groups in total. The molecule has 3 aromatic carbocycles. The van der Waals surface area contributed by atoms with E-state index >= 15 is 0 Å². The zero-order valence-corrected chi connectivity index (χ0v) is 20.0. The predicted molar refractivity (Wildman–Crippen MR) is 134 cm³/mol. The third-order valence-corrected chi connectivity index (χ3v) is 5.86. The summed E-state index contributed by atoms with van der Waals surface area (Å²) in [6.07, 6.45) is 0. The molecule has 0 spiro atoms. The Morgan fingerprint density at radius 3 is 2.09 bits per heavy atom. The Bertz CT molecular complexity index is 1330. The fourth-order valence-electron chi connectivity index (χ4n) is 3.29. The zero-order valence-electron chi connectivity index (χ0n) is 19.2. The van der Waals surface area contributed by atoms with E-state index in [1.165, 1.54) is 32.7 Å². The third kappa shape index (κ3) is 5.39. The average Bonchev–Trinajstić information content (AvgIpc) is 3.36. The Morgan fingerprint density at radius 1 is 0.743 bits per heavy atom. The first-order chi connectivity index (χ1) is 17.0. The van der Waals surface area contributed by atoms with Crippen molar-refractivity contribution in [2.24, 2.45) is 0 Å². The number of anilines is 2. The highest BCUT2D eigenvalue weighted by Crippen LogP contribution is 2.38. The highest BCUT2D eigenvalue weighted by atomic mass is 32.1. The number of carbonyl (C=O) groups excluding carboxylic acids is 2. The summed E-state index contributed by atoms with van der Waals surface area (Å²) in [6.45, 7) is 0. The van der Waals surface area contributed by atoms with Gasteiger partial charge in [0.15, 0.2) is 11.5 Å². The molecule has 0 atom stereocenters. The molecule has 2 amide bonds. The summed E-state index contributed by atoms with van der Waals surface area (Å²) < 4.78 is 15.9. The number of aromatic nitrogens is 2. The minimum absolute atomic E-state index is 0.302. The minimum atomic E-state index is -0.404. The Hall–Kier alpha value is -4.44. The van der Waals surface area contributed by atoms with Gasteiger partial charge in [-0.15, -0.1) is 10.2 Å². The van der Waals surface area contributed by atoms with Crippen LogP contribution in [-0.4, -0.2) is 43.3 Å². The molecule has 4 aromatic rings. The van der Waals surface area contributed by atoms with Crippen LogP contribution in [0.15, 0.2) is 66.7 Å². The third-order valence-electron chi connectivity index (χ3n) is 4.98. The molecule has 0 fully saturated rings.